The SMILES string of the molecule is Cc1ccc(NC(=O)COC(=O)c2cc(F)c(F)cc2Cl)cc1. The van der Waals surface area contributed by atoms with Crippen molar-refractivity contribution in [1.82, 2.24) is 0 Å². The molecule has 1 amide bonds. The molecule has 0 heterocycles. The predicted molar refractivity (Wildman–Crippen MR) is 81.5 cm³/mol. The van der Waals surface area contributed by atoms with E-state index in [2.05, 4.69) is 5.32 Å². The summed E-state index contributed by atoms with van der Waals surface area (Å²) < 4.78 is 30.8. The third-order valence-corrected chi connectivity index (χ3v) is 3.21. The first-order valence-electron chi connectivity index (χ1n) is 6.55. The van der Waals surface area contributed by atoms with Crippen LogP contribution in [0.25, 0.3) is 0 Å². The number of hydrogen-bond acceptors (Lipinski definition) is 3. The maximum atomic E-state index is 13.1. The molecule has 2 aromatic rings. The fourth-order valence-corrected chi connectivity index (χ4v) is 1.95. The summed E-state index contributed by atoms with van der Waals surface area (Å²) in [4.78, 5) is 23.4. The monoisotopic (exact) mass is 339 g/mol. The number of carbonyl (C=O) groups is 2. The van der Waals surface area contributed by atoms with Crippen molar-refractivity contribution >= 4 is 29.2 Å². The first-order chi connectivity index (χ1) is 10.9. The van der Waals surface area contributed by atoms with Crippen molar-refractivity contribution in [3.63, 3.8) is 0 Å². The highest BCUT2D eigenvalue weighted by Gasteiger charge is 2.17. The van der Waals surface area contributed by atoms with E-state index in [0.29, 0.717) is 17.8 Å². The van der Waals surface area contributed by atoms with E-state index in [1.807, 2.05) is 19.1 Å². The van der Waals surface area contributed by atoms with Crippen LogP contribution in [0, 0.1) is 18.6 Å². The van der Waals surface area contributed by atoms with E-state index in [4.69, 9.17) is 16.3 Å². The van der Waals surface area contributed by atoms with E-state index >= 15 is 0 Å². The van der Waals surface area contributed by atoms with Gasteiger partial charge >= 0.3 is 5.97 Å². The second kappa shape index (κ2) is 7.19. The Morgan fingerprint density at radius 2 is 1.74 bits per heavy atom. The molecule has 2 aromatic carbocycles. The zero-order chi connectivity index (χ0) is 17.0. The molecule has 4 nitrogen and oxygen atoms in total. The summed E-state index contributed by atoms with van der Waals surface area (Å²) in [5.74, 6) is -4.00. The Morgan fingerprint density at radius 1 is 1.13 bits per heavy atom. The fraction of sp³-hybridized carbons (Fsp3) is 0.125. The summed E-state index contributed by atoms with van der Waals surface area (Å²) in [6.07, 6.45) is 0. The van der Waals surface area contributed by atoms with E-state index in [1.54, 1.807) is 12.1 Å². The standard InChI is InChI=1S/C16H12ClF2NO3/c1-9-2-4-10(5-3-9)20-15(21)8-23-16(22)11-6-13(18)14(19)7-12(11)17/h2-7H,8H2,1H3,(H,20,21). The first-order valence-corrected chi connectivity index (χ1v) is 6.93. The molecule has 0 aliphatic carbocycles. The summed E-state index contributed by atoms with van der Waals surface area (Å²) in [7, 11) is 0. The molecule has 1 N–H and O–H groups in total. The van der Waals surface area contributed by atoms with Gasteiger partial charge in [-0.1, -0.05) is 29.3 Å². The maximum Gasteiger partial charge on any atom is 0.340 e. The number of halogens is 3. The molecule has 7 heteroatoms. The highest BCUT2D eigenvalue weighted by atomic mass is 35.5. The molecule has 0 fully saturated rings. The Kier molecular flexibility index (Phi) is 5.28. The Hall–Kier alpha value is -2.47. The van der Waals surface area contributed by atoms with Gasteiger partial charge in [0.1, 0.15) is 0 Å². The quantitative estimate of drug-likeness (QED) is 0.682. The maximum absolute atomic E-state index is 13.1. The van der Waals surface area contributed by atoms with Gasteiger partial charge in [-0.2, -0.15) is 0 Å². The number of esters is 1. The molecule has 0 unspecified atom stereocenters. The van der Waals surface area contributed by atoms with E-state index in [1.165, 1.54) is 0 Å². The van der Waals surface area contributed by atoms with E-state index < -0.39 is 30.1 Å². The summed E-state index contributed by atoms with van der Waals surface area (Å²) in [5, 5.41) is 2.23. The van der Waals surface area contributed by atoms with Crippen LogP contribution in [0.3, 0.4) is 0 Å². The molecule has 2 rings (SSSR count). The normalized spacial score (nSPS) is 10.3. The van der Waals surface area contributed by atoms with E-state index in [9.17, 15) is 18.4 Å². The molecular formula is C16H12ClF2NO3. The molecule has 0 aliphatic rings. The van der Waals surface area contributed by atoms with Gasteiger partial charge in [0.15, 0.2) is 18.2 Å². The smallest absolute Gasteiger partial charge is 0.340 e. The van der Waals surface area contributed by atoms with Gasteiger partial charge in [0.05, 0.1) is 10.6 Å². The summed E-state index contributed by atoms with van der Waals surface area (Å²) >= 11 is 5.65. The van der Waals surface area contributed by atoms with Crippen LogP contribution in [0.15, 0.2) is 36.4 Å². The van der Waals surface area contributed by atoms with Gasteiger partial charge in [-0.3, -0.25) is 4.79 Å². The average Bonchev–Trinajstić information content (AvgIpc) is 2.51. The predicted octanol–water partition coefficient (Wildman–Crippen LogP) is 3.72. The van der Waals surface area contributed by atoms with Crippen molar-refractivity contribution in [1.29, 1.82) is 0 Å². The van der Waals surface area contributed by atoms with Crippen LogP contribution in [-0.2, 0) is 9.53 Å². The largest absolute Gasteiger partial charge is 0.452 e. The Balaban J connectivity index is 1.95. The van der Waals surface area contributed by atoms with Crippen molar-refractivity contribution in [3.05, 3.63) is 64.2 Å². The minimum Gasteiger partial charge on any atom is -0.452 e. The van der Waals surface area contributed by atoms with Crippen molar-refractivity contribution in [3.8, 4) is 0 Å². The van der Waals surface area contributed by atoms with Crippen LogP contribution in [0.1, 0.15) is 15.9 Å². The third-order valence-electron chi connectivity index (χ3n) is 2.90. The topological polar surface area (TPSA) is 55.4 Å². The van der Waals surface area contributed by atoms with Gasteiger partial charge in [-0.25, -0.2) is 13.6 Å². The van der Waals surface area contributed by atoms with Crippen LogP contribution in [0.2, 0.25) is 5.02 Å². The molecule has 0 saturated carbocycles. The Labute approximate surface area is 136 Å². The lowest BCUT2D eigenvalue weighted by atomic mass is 10.2. The number of hydrogen-bond donors (Lipinski definition) is 1. The summed E-state index contributed by atoms with van der Waals surface area (Å²) in [6, 6.07) is 8.30. The average molecular weight is 340 g/mol. The van der Waals surface area contributed by atoms with Crippen LogP contribution >= 0.6 is 11.6 Å². The van der Waals surface area contributed by atoms with Crippen molar-refractivity contribution in [2.45, 2.75) is 6.92 Å². The molecule has 0 bridgehead atoms. The number of nitrogens with one attached hydrogen (secondary N) is 1. The van der Waals surface area contributed by atoms with E-state index in [0.717, 1.165) is 5.56 Å². The zero-order valence-electron chi connectivity index (χ0n) is 12.0. The first kappa shape index (κ1) is 16.9. The van der Waals surface area contributed by atoms with Gasteiger partial charge in [-0.15, -0.1) is 0 Å². The Morgan fingerprint density at radius 3 is 2.39 bits per heavy atom. The third kappa shape index (κ3) is 4.50. The molecule has 23 heavy (non-hydrogen) atoms. The van der Waals surface area contributed by atoms with Gasteiger partial charge < -0.3 is 10.1 Å². The van der Waals surface area contributed by atoms with Crippen LogP contribution in [-0.4, -0.2) is 18.5 Å². The lowest BCUT2D eigenvalue weighted by Gasteiger charge is -2.08. The van der Waals surface area contributed by atoms with Crippen molar-refractivity contribution < 1.29 is 23.1 Å². The zero-order valence-corrected chi connectivity index (χ0v) is 12.8. The van der Waals surface area contributed by atoms with Crippen LogP contribution < -0.4 is 5.32 Å². The minimum atomic E-state index is -1.23. The molecule has 0 atom stereocenters. The molecule has 0 saturated heterocycles. The highest BCUT2D eigenvalue weighted by Crippen LogP contribution is 2.20. The lowest BCUT2D eigenvalue weighted by molar-refractivity contribution is -0.119. The fourth-order valence-electron chi connectivity index (χ4n) is 1.72. The minimum absolute atomic E-state index is 0.298. The number of ether oxygens (including phenoxy) is 1. The number of aryl methyl sites for hydroxylation is 1. The van der Waals surface area contributed by atoms with Crippen molar-refractivity contribution in [2.24, 2.45) is 0 Å². The number of amides is 1. The number of anilines is 1. The van der Waals surface area contributed by atoms with Gasteiger partial charge in [0.25, 0.3) is 5.91 Å². The molecule has 120 valence electrons. The van der Waals surface area contributed by atoms with Crippen LogP contribution in [0.5, 0.6) is 0 Å². The Bertz CT molecular complexity index is 748. The van der Waals surface area contributed by atoms with Gasteiger partial charge in [-0.05, 0) is 31.2 Å². The second-order valence-electron chi connectivity index (χ2n) is 4.74. The van der Waals surface area contributed by atoms with Crippen LogP contribution in [0.4, 0.5) is 14.5 Å². The molecular weight excluding hydrogens is 328 g/mol. The number of benzene rings is 2. The highest BCUT2D eigenvalue weighted by molar-refractivity contribution is 6.33. The molecule has 0 aromatic heterocycles. The molecule has 0 aliphatic heterocycles. The summed E-state index contributed by atoms with van der Waals surface area (Å²) in [5.41, 5.74) is 1.22. The second-order valence-corrected chi connectivity index (χ2v) is 5.14. The molecule has 0 radical (unpaired) electrons. The number of rotatable bonds is 4. The number of carbonyl (C=O) groups excluding carboxylic acids is 2. The van der Waals surface area contributed by atoms with Gasteiger partial charge in [0.2, 0.25) is 0 Å². The molecule has 0 spiro atoms. The van der Waals surface area contributed by atoms with E-state index in [-0.39, 0.29) is 10.6 Å². The lowest BCUT2D eigenvalue weighted by Crippen LogP contribution is -2.21. The summed E-state index contributed by atoms with van der Waals surface area (Å²) in [6.45, 7) is 1.32. The van der Waals surface area contributed by atoms with Crippen molar-refractivity contribution in [2.75, 3.05) is 11.9 Å². The van der Waals surface area contributed by atoms with Gasteiger partial charge in [0, 0.05) is 5.69 Å².